The summed E-state index contributed by atoms with van der Waals surface area (Å²) in [4.78, 5) is 22.9. The van der Waals surface area contributed by atoms with E-state index in [1.54, 1.807) is 19.2 Å². The summed E-state index contributed by atoms with van der Waals surface area (Å²) in [6.45, 7) is 1.30. The second-order valence-electron chi connectivity index (χ2n) is 4.30. The fourth-order valence-electron chi connectivity index (χ4n) is 1.54. The van der Waals surface area contributed by atoms with Crippen LogP contribution in [0.2, 0.25) is 0 Å². The van der Waals surface area contributed by atoms with Crippen molar-refractivity contribution in [2.24, 2.45) is 0 Å². The molecule has 6 nitrogen and oxygen atoms in total. The van der Waals surface area contributed by atoms with E-state index in [2.05, 4.69) is 16.0 Å². The number of hydrogen-bond acceptors (Lipinski definition) is 4. The maximum Gasteiger partial charge on any atom is 0.238 e. The number of rotatable bonds is 9. The van der Waals surface area contributed by atoms with Crippen LogP contribution in [0.4, 0.5) is 10.1 Å². The Bertz CT molecular complexity index is 469. The largest absolute Gasteiger partial charge is 0.383 e. The van der Waals surface area contributed by atoms with E-state index < -0.39 is 5.82 Å². The lowest BCUT2D eigenvalue weighted by molar-refractivity contribution is -0.121. The molecule has 0 saturated carbocycles. The van der Waals surface area contributed by atoms with Gasteiger partial charge in [0.2, 0.25) is 11.8 Å². The second-order valence-corrected chi connectivity index (χ2v) is 4.30. The van der Waals surface area contributed by atoms with Gasteiger partial charge in [-0.1, -0.05) is 12.1 Å². The molecule has 0 fully saturated rings. The van der Waals surface area contributed by atoms with E-state index in [0.717, 1.165) is 0 Å². The Kier molecular flexibility index (Phi) is 8.00. The summed E-state index contributed by atoms with van der Waals surface area (Å²) in [6.07, 6.45) is 0.261. The first-order chi connectivity index (χ1) is 10.1. The minimum atomic E-state index is -0.483. The Labute approximate surface area is 123 Å². The van der Waals surface area contributed by atoms with Gasteiger partial charge in [0.15, 0.2) is 0 Å². The van der Waals surface area contributed by atoms with E-state index in [4.69, 9.17) is 4.74 Å². The lowest BCUT2D eigenvalue weighted by Gasteiger charge is -2.08. The molecule has 0 atom stereocenters. The van der Waals surface area contributed by atoms with E-state index in [9.17, 15) is 14.0 Å². The van der Waals surface area contributed by atoms with Crippen LogP contribution < -0.4 is 16.0 Å². The molecule has 3 N–H and O–H groups in total. The molecule has 0 aromatic heterocycles. The van der Waals surface area contributed by atoms with Gasteiger partial charge in [-0.15, -0.1) is 0 Å². The third-order valence-electron chi connectivity index (χ3n) is 2.59. The molecule has 1 rings (SSSR count). The fraction of sp³-hybridized carbons (Fsp3) is 0.429. The number of benzene rings is 1. The van der Waals surface area contributed by atoms with Gasteiger partial charge in [-0.05, 0) is 12.1 Å². The van der Waals surface area contributed by atoms with Crippen LogP contribution >= 0.6 is 0 Å². The van der Waals surface area contributed by atoms with Crippen molar-refractivity contribution in [1.82, 2.24) is 10.6 Å². The maximum atomic E-state index is 13.3. The Morgan fingerprint density at radius 1 is 1.19 bits per heavy atom. The minimum Gasteiger partial charge on any atom is -0.383 e. The summed E-state index contributed by atoms with van der Waals surface area (Å²) < 4.78 is 18.1. The Morgan fingerprint density at radius 3 is 2.67 bits per heavy atom. The first-order valence-electron chi connectivity index (χ1n) is 6.64. The normalized spacial score (nSPS) is 10.2. The van der Waals surface area contributed by atoms with Gasteiger partial charge >= 0.3 is 0 Å². The maximum absolute atomic E-state index is 13.3. The number of anilines is 1. The van der Waals surface area contributed by atoms with E-state index in [1.807, 2.05) is 0 Å². The molecule has 0 bridgehead atoms. The van der Waals surface area contributed by atoms with Crippen molar-refractivity contribution in [3.8, 4) is 0 Å². The van der Waals surface area contributed by atoms with Gasteiger partial charge in [-0.25, -0.2) is 4.39 Å². The third-order valence-corrected chi connectivity index (χ3v) is 2.59. The van der Waals surface area contributed by atoms with Crippen LogP contribution in [0.5, 0.6) is 0 Å². The van der Waals surface area contributed by atoms with Crippen LogP contribution in [0.1, 0.15) is 6.42 Å². The molecule has 2 amide bonds. The van der Waals surface area contributed by atoms with Crippen molar-refractivity contribution in [2.45, 2.75) is 6.42 Å². The number of carbonyl (C=O) groups is 2. The smallest absolute Gasteiger partial charge is 0.238 e. The molecule has 0 aliphatic heterocycles. The van der Waals surface area contributed by atoms with Crippen LogP contribution in [-0.2, 0) is 14.3 Å². The summed E-state index contributed by atoms with van der Waals surface area (Å²) >= 11 is 0. The van der Waals surface area contributed by atoms with E-state index >= 15 is 0 Å². The van der Waals surface area contributed by atoms with Crippen LogP contribution in [-0.4, -0.2) is 45.2 Å². The van der Waals surface area contributed by atoms with Crippen molar-refractivity contribution < 1.29 is 18.7 Å². The van der Waals surface area contributed by atoms with E-state index in [0.29, 0.717) is 19.7 Å². The van der Waals surface area contributed by atoms with E-state index in [-0.39, 0.29) is 30.5 Å². The van der Waals surface area contributed by atoms with Crippen LogP contribution in [0.15, 0.2) is 24.3 Å². The standard InChI is InChI=1S/C14H20FN3O3/c1-21-9-8-17-13(19)6-7-16-10-14(20)18-12-5-3-2-4-11(12)15/h2-5,16H,6-10H2,1H3,(H,17,19)(H,18,20). The van der Waals surface area contributed by atoms with Gasteiger partial charge in [-0.2, -0.15) is 0 Å². The third kappa shape index (κ3) is 7.38. The van der Waals surface area contributed by atoms with Crippen LogP contribution in [0.3, 0.4) is 0 Å². The first-order valence-corrected chi connectivity index (χ1v) is 6.64. The highest BCUT2D eigenvalue weighted by atomic mass is 19.1. The number of amides is 2. The monoisotopic (exact) mass is 297 g/mol. The summed E-state index contributed by atoms with van der Waals surface area (Å²) in [6, 6.07) is 5.94. The van der Waals surface area contributed by atoms with Crippen LogP contribution in [0.25, 0.3) is 0 Å². The molecule has 21 heavy (non-hydrogen) atoms. The van der Waals surface area contributed by atoms with Gasteiger partial charge in [0.1, 0.15) is 5.82 Å². The second kappa shape index (κ2) is 9.84. The fourth-order valence-corrected chi connectivity index (χ4v) is 1.54. The molecule has 0 heterocycles. The highest BCUT2D eigenvalue weighted by Crippen LogP contribution is 2.11. The molecule has 7 heteroatoms. The molecule has 0 aliphatic rings. The van der Waals surface area contributed by atoms with Gasteiger partial charge in [0, 0.05) is 26.6 Å². The highest BCUT2D eigenvalue weighted by Gasteiger charge is 2.06. The zero-order valence-corrected chi connectivity index (χ0v) is 11.9. The van der Waals surface area contributed by atoms with E-state index in [1.165, 1.54) is 12.1 Å². The number of ether oxygens (including phenoxy) is 1. The Morgan fingerprint density at radius 2 is 1.95 bits per heavy atom. The predicted molar refractivity (Wildman–Crippen MR) is 77.4 cm³/mol. The quantitative estimate of drug-likeness (QED) is 0.580. The number of halogens is 1. The lowest BCUT2D eigenvalue weighted by atomic mass is 10.3. The first kappa shape index (κ1) is 17.1. The molecule has 0 spiro atoms. The SMILES string of the molecule is COCCNC(=O)CCNCC(=O)Nc1ccccc1F. The summed E-state index contributed by atoms with van der Waals surface area (Å²) in [5, 5.41) is 7.93. The molecule has 0 aliphatic carbocycles. The molecule has 116 valence electrons. The zero-order chi connectivity index (χ0) is 15.5. The average Bonchev–Trinajstić information content (AvgIpc) is 2.46. The van der Waals surface area contributed by atoms with Crippen molar-refractivity contribution >= 4 is 17.5 Å². The summed E-state index contributed by atoms with van der Waals surface area (Å²) in [5.41, 5.74) is 0.140. The van der Waals surface area contributed by atoms with Gasteiger partial charge in [0.25, 0.3) is 0 Å². The molecular weight excluding hydrogens is 277 g/mol. The lowest BCUT2D eigenvalue weighted by Crippen LogP contribution is -2.33. The minimum absolute atomic E-state index is 0.0136. The number of nitrogens with one attached hydrogen (secondary N) is 3. The Hall–Kier alpha value is -1.99. The number of carbonyl (C=O) groups excluding carboxylic acids is 2. The predicted octanol–water partition coefficient (Wildman–Crippen LogP) is 0.507. The highest BCUT2D eigenvalue weighted by molar-refractivity contribution is 5.92. The average molecular weight is 297 g/mol. The number of methoxy groups -OCH3 is 1. The van der Waals surface area contributed by atoms with Gasteiger partial charge in [-0.3, -0.25) is 9.59 Å². The number of para-hydroxylation sites is 1. The Balaban J connectivity index is 2.14. The number of hydrogen-bond donors (Lipinski definition) is 3. The van der Waals surface area contributed by atoms with Crippen molar-refractivity contribution in [2.75, 3.05) is 38.7 Å². The van der Waals surface area contributed by atoms with Crippen molar-refractivity contribution in [3.05, 3.63) is 30.1 Å². The summed E-state index contributed by atoms with van der Waals surface area (Å²) in [7, 11) is 1.56. The molecule has 0 radical (unpaired) electrons. The van der Waals surface area contributed by atoms with Crippen LogP contribution in [0, 0.1) is 5.82 Å². The topological polar surface area (TPSA) is 79.5 Å². The molecule has 0 unspecified atom stereocenters. The van der Waals surface area contributed by atoms with Crippen molar-refractivity contribution in [3.63, 3.8) is 0 Å². The molecule has 1 aromatic carbocycles. The summed E-state index contributed by atoms with van der Waals surface area (Å²) in [5.74, 6) is -0.961. The molecular formula is C14H20FN3O3. The molecule has 1 aromatic rings. The van der Waals surface area contributed by atoms with Crippen molar-refractivity contribution in [1.29, 1.82) is 0 Å². The molecule has 0 saturated heterocycles. The van der Waals surface area contributed by atoms with Gasteiger partial charge < -0.3 is 20.7 Å². The van der Waals surface area contributed by atoms with Gasteiger partial charge in [0.05, 0.1) is 18.8 Å². The zero-order valence-electron chi connectivity index (χ0n) is 11.9.